The van der Waals surface area contributed by atoms with E-state index >= 15 is 0 Å². The number of pyridine rings is 1. The molecule has 0 radical (unpaired) electrons. The first kappa shape index (κ1) is 22.7. The molecule has 2 aromatic heterocycles. The monoisotopic (exact) mass is 449 g/mol. The lowest BCUT2D eigenvalue weighted by Gasteiger charge is -2.14. The van der Waals surface area contributed by atoms with Crippen LogP contribution in [0.1, 0.15) is 18.3 Å². The van der Waals surface area contributed by atoms with Crippen LogP contribution in [0.2, 0.25) is 0 Å². The Morgan fingerprint density at radius 1 is 1.28 bits per heavy atom. The molecule has 2 heterocycles. The smallest absolute Gasteiger partial charge is 0.435 e. The molecule has 1 unspecified atom stereocenters. The summed E-state index contributed by atoms with van der Waals surface area (Å²) in [4.78, 5) is 27.1. The van der Waals surface area contributed by atoms with Crippen LogP contribution < -0.4 is 10.1 Å². The number of nitrogens with zero attached hydrogens (tertiary/aromatic N) is 4. The highest BCUT2D eigenvalue weighted by molar-refractivity contribution is 5.92. The number of amides is 1. The SMILES string of the molecule is Cc1cc(C(F)(F)F)nn1CC(C)C(=O)Nc1cc(Oc2cccnc2)cc([N+](=O)[O-])c1. The van der Waals surface area contributed by atoms with Crippen molar-refractivity contribution in [1.82, 2.24) is 14.8 Å². The molecule has 0 aliphatic carbocycles. The highest BCUT2D eigenvalue weighted by Crippen LogP contribution is 2.30. The minimum atomic E-state index is -4.59. The van der Waals surface area contributed by atoms with E-state index < -0.39 is 28.6 Å². The molecule has 12 heteroatoms. The van der Waals surface area contributed by atoms with Crippen LogP contribution in [-0.4, -0.2) is 25.6 Å². The summed E-state index contributed by atoms with van der Waals surface area (Å²) in [5.74, 6) is -0.890. The first-order valence-electron chi connectivity index (χ1n) is 9.33. The first-order chi connectivity index (χ1) is 15.0. The van der Waals surface area contributed by atoms with Gasteiger partial charge in [-0.25, -0.2) is 0 Å². The van der Waals surface area contributed by atoms with E-state index in [0.717, 1.165) is 16.8 Å². The van der Waals surface area contributed by atoms with E-state index in [1.54, 1.807) is 12.1 Å². The summed E-state index contributed by atoms with van der Waals surface area (Å²) in [7, 11) is 0. The predicted molar refractivity (Wildman–Crippen MR) is 107 cm³/mol. The molecule has 9 nitrogen and oxygen atoms in total. The molecule has 168 valence electrons. The second-order valence-corrected chi connectivity index (χ2v) is 7.00. The number of halogens is 3. The highest BCUT2D eigenvalue weighted by atomic mass is 19.4. The zero-order valence-electron chi connectivity index (χ0n) is 17.0. The van der Waals surface area contributed by atoms with Gasteiger partial charge in [0.2, 0.25) is 5.91 Å². The van der Waals surface area contributed by atoms with Crippen LogP contribution in [0, 0.1) is 23.0 Å². The third kappa shape index (κ3) is 5.59. The van der Waals surface area contributed by atoms with Gasteiger partial charge in [0.15, 0.2) is 5.69 Å². The van der Waals surface area contributed by atoms with Crippen molar-refractivity contribution in [2.75, 3.05) is 5.32 Å². The van der Waals surface area contributed by atoms with Gasteiger partial charge in [-0.15, -0.1) is 0 Å². The van der Waals surface area contributed by atoms with Gasteiger partial charge >= 0.3 is 6.18 Å². The second-order valence-electron chi connectivity index (χ2n) is 7.00. The largest absolute Gasteiger partial charge is 0.455 e. The highest BCUT2D eigenvalue weighted by Gasteiger charge is 2.34. The standard InChI is InChI=1S/C20H18F3N5O4/c1-12(11-27-13(2)6-18(26-27)20(21,22)23)19(29)25-14-7-15(28(30)31)9-17(8-14)32-16-4-3-5-24-10-16/h3-10,12H,11H2,1-2H3,(H,25,29). The first-order valence-corrected chi connectivity index (χ1v) is 9.33. The lowest BCUT2D eigenvalue weighted by atomic mass is 10.1. The molecule has 0 saturated carbocycles. The van der Waals surface area contributed by atoms with Gasteiger partial charge in [-0.3, -0.25) is 24.6 Å². The Morgan fingerprint density at radius 3 is 2.62 bits per heavy atom. The molecule has 1 atom stereocenters. The maximum absolute atomic E-state index is 12.8. The number of nitro groups is 1. The van der Waals surface area contributed by atoms with Crippen LogP contribution in [0.15, 0.2) is 48.8 Å². The molecule has 1 N–H and O–H groups in total. The summed E-state index contributed by atoms with van der Waals surface area (Å²) in [5.41, 5.74) is -1.01. The Bertz CT molecular complexity index is 1130. The van der Waals surface area contributed by atoms with Crippen molar-refractivity contribution in [3.8, 4) is 11.5 Å². The van der Waals surface area contributed by atoms with Gasteiger partial charge in [0.25, 0.3) is 5.69 Å². The summed E-state index contributed by atoms with van der Waals surface area (Å²) in [6.07, 6.45) is -1.64. The maximum atomic E-state index is 12.8. The van der Waals surface area contributed by atoms with Gasteiger partial charge in [-0.1, -0.05) is 6.92 Å². The van der Waals surface area contributed by atoms with E-state index in [0.29, 0.717) is 5.75 Å². The number of non-ortho nitro benzene ring substituents is 1. The molecule has 1 aromatic carbocycles. The van der Waals surface area contributed by atoms with Crippen molar-refractivity contribution in [3.05, 3.63) is 70.3 Å². The number of aryl methyl sites for hydroxylation is 1. The van der Waals surface area contributed by atoms with Gasteiger partial charge < -0.3 is 10.1 Å². The lowest BCUT2D eigenvalue weighted by Crippen LogP contribution is -2.25. The summed E-state index contributed by atoms with van der Waals surface area (Å²) in [6, 6.07) is 7.87. The van der Waals surface area contributed by atoms with E-state index in [9.17, 15) is 28.1 Å². The van der Waals surface area contributed by atoms with Gasteiger partial charge in [0.05, 0.1) is 35.3 Å². The summed E-state index contributed by atoms with van der Waals surface area (Å²) in [6.45, 7) is 2.85. The third-order valence-corrected chi connectivity index (χ3v) is 4.41. The van der Waals surface area contributed by atoms with Crippen LogP contribution in [-0.2, 0) is 17.5 Å². The molecule has 0 aliphatic heterocycles. The quantitative estimate of drug-likeness (QED) is 0.417. The number of carbonyl (C=O) groups excluding carboxylic acids is 1. The van der Waals surface area contributed by atoms with Crippen molar-refractivity contribution < 1.29 is 27.6 Å². The average molecular weight is 449 g/mol. The molecule has 0 fully saturated rings. The van der Waals surface area contributed by atoms with Crippen LogP contribution in [0.4, 0.5) is 24.5 Å². The normalized spacial score (nSPS) is 12.3. The van der Waals surface area contributed by atoms with Crippen molar-refractivity contribution in [2.24, 2.45) is 5.92 Å². The fourth-order valence-corrected chi connectivity index (χ4v) is 2.80. The number of carbonyl (C=O) groups is 1. The number of hydrogen-bond donors (Lipinski definition) is 1. The molecule has 0 spiro atoms. The number of aromatic nitrogens is 3. The van der Waals surface area contributed by atoms with Gasteiger partial charge in [0, 0.05) is 24.0 Å². The number of nitro benzene ring substituents is 1. The van der Waals surface area contributed by atoms with E-state index in [-0.39, 0.29) is 29.4 Å². The number of alkyl halides is 3. The number of anilines is 1. The molecule has 1 amide bonds. The number of nitrogens with one attached hydrogen (secondary N) is 1. The molecule has 0 aliphatic rings. The Labute approximate surface area is 180 Å². The molecular formula is C20H18F3N5O4. The minimum absolute atomic E-state index is 0.100. The zero-order valence-corrected chi connectivity index (χ0v) is 17.0. The zero-order chi connectivity index (χ0) is 23.5. The third-order valence-electron chi connectivity index (χ3n) is 4.41. The molecule has 0 bridgehead atoms. The van der Waals surface area contributed by atoms with Crippen LogP contribution >= 0.6 is 0 Å². The molecule has 32 heavy (non-hydrogen) atoms. The Kier molecular flexibility index (Phi) is 6.42. The molecular weight excluding hydrogens is 431 g/mol. The van der Waals surface area contributed by atoms with Crippen molar-refractivity contribution in [2.45, 2.75) is 26.6 Å². The van der Waals surface area contributed by atoms with Crippen molar-refractivity contribution in [1.29, 1.82) is 0 Å². The van der Waals surface area contributed by atoms with Crippen LogP contribution in [0.3, 0.4) is 0 Å². The molecule has 0 saturated heterocycles. The molecule has 3 rings (SSSR count). The fraction of sp³-hybridized carbons (Fsp3) is 0.250. The maximum Gasteiger partial charge on any atom is 0.435 e. The van der Waals surface area contributed by atoms with Gasteiger partial charge in [-0.2, -0.15) is 18.3 Å². The van der Waals surface area contributed by atoms with E-state index in [1.165, 1.54) is 38.4 Å². The lowest BCUT2D eigenvalue weighted by molar-refractivity contribution is -0.384. The number of benzene rings is 1. The topological polar surface area (TPSA) is 112 Å². The summed E-state index contributed by atoms with van der Waals surface area (Å²) >= 11 is 0. The Morgan fingerprint density at radius 2 is 2.03 bits per heavy atom. The van der Waals surface area contributed by atoms with E-state index in [2.05, 4.69) is 15.4 Å². The van der Waals surface area contributed by atoms with E-state index in [4.69, 9.17) is 4.74 Å². The Balaban J connectivity index is 1.76. The number of ether oxygens (including phenoxy) is 1. The predicted octanol–water partition coefficient (Wildman–Crippen LogP) is 4.58. The minimum Gasteiger partial charge on any atom is -0.455 e. The van der Waals surface area contributed by atoms with Crippen molar-refractivity contribution >= 4 is 17.3 Å². The molecule has 3 aromatic rings. The number of rotatable bonds is 7. The second kappa shape index (κ2) is 9.04. The fourth-order valence-electron chi connectivity index (χ4n) is 2.80. The number of hydrogen-bond acceptors (Lipinski definition) is 6. The van der Waals surface area contributed by atoms with Crippen LogP contribution in [0.5, 0.6) is 11.5 Å². The van der Waals surface area contributed by atoms with Gasteiger partial charge in [-0.05, 0) is 25.1 Å². The van der Waals surface area contributed by atoms with E-state index in [1.807, 2.05) is 0 Å². The van der Waals surface area contributed by atoms with Gasteiger partial charge in [0.1, 0.15) is 11.5 Å². The summed E-state index contributed by atoms with van der Waals surface area (Å²) < 4.78 is 45.2. The summed E-state index contributed by atoms with van der Waals surface area (Å²) in [5, 5.41) is 17.3. The Hall–Kier alpha value is -3.96. The average Bonchev–Trinajstić information content (AvgIpc) is 3.09. The van der Waals surface area contributed by atoms with Crippen molar-refractivity contribution in [3.63, 3.8) is 0 Å². The van der Waals surface area contributed by atoms with Crippen LogP contribution in [0.25, 0.3) is 0 Å².